The van der Waals surface area contributed by atoms with Crippen LogP contribution in [0.3, 0.4) is 0 Å². The van der Waals surface area contributed by atoms with Crippen molar-refractivity contribution in [2.24, 2.45) is 5.92 Å². The Balaban J connectivity index is 0.00000192. The zero-order valence-corrected chi connectivity index (χ0v) is 15.4. The quantitative estimate of drug-likeness (QED) is 0.837. The van der Waals surface area contributed by atoms with Gasteiger partial charge in [0.05, 0.1) is 5.02 Å². The number of rotatable bonds is 3. The second kappa shape index (κ2) is 8.66. The van der Waals surface area contributed by atoms with Crippen LogP contribution in [0.2, 0.25) is 5.02 Å². The molecule has 1 aliphatic heterocycles. The van der Waals surface area contributed by atoms with Gasteiger partial charge in [-0.1, -0.05) is 36.9 Å². The summed E-state index contributed by atoms with van der Waals surface area (Å²) >= 11 is 6.55. The van der Waals surface area contributed by atoms with Gasteiger partial charge in [-0.3, -0.25) is 4.90 Å². The van der Waals surface area contributed by atoms with Crippen LogP contribution >= 0.6 is 24.0 Å². The first kappa shape index (κ1) is 19.0. The van der Waals surface area contributed by atoms with E-state index in [0.29, 0.717) is 10.9 Å². The molecule has 5 heteroatoms. The van der Waals surface area contributed by atoms with Crippen molar-refractivity contribution in [3.05, 3.63) is 34.1 Å². The van der Waals surface area contributed by atoms with Gasteiger partial charge in [0.2, 0.25) is 0 Å². The van der Waals surface area contributed by atoms with Crippen molar-refractivity contribution in [1.29, 1.82) is 0 Å². The van der Waals surface area contributed by atoms with Crippen LogP contribution in [0.1, 0.15) is 49.3 Å². The highest BCUT2D eigenvalue weighted by Gasteiger charge is 2.34. The molecule has 0 amide bonds. The van der Waals surface area contributed by atoms with Gasteiger partial charge >= 0.3 is 0 Å². The molecule has 0 unspecified atom stereocenters. The van der Waals surface area contributed by atoms with Crippen LogP contribution in [0.15, 0.2) is 12.1 Å². The lowest BCUT2D eigenvalue weighted by Gasteiger charge is -2.41. The highest BCUT2D eigenvalue weighted by molar-refractivity contribution is 6.32. The molecule has 2 fully saturated rings. The molecule has 1 heterocycles. The van der Waals surface area contributed by atoms with Crippen LogP contribution in [0.25, 0.3) is 0 Å². The Hall–Kier alpha value is -0.350. The van der Waals surface area contributed by atoms with Crippen LogP contribution < -0.4 is 5.32 Å². The number of piperazine rings is 1. The fourth-order valence-electron chi connectivity index (χ4n) is 4.08. The summed E-state index contributed by atoms with van der Waals surface area (Å²) in [6, 6.07) is 3.51. The monoisotopic (exact) mass is 360 g/mol. The highest BCUT2D eigenvalue weighted by atomic mass is 35.5. The number of nitrogens with zero attached hydrogens (tertiary/aromatic N) is 1. The summed E-state index contributed by atoms with van der Waals surface area (Å²) in [6.07, 6.45) is 6.22. The number of benzene rings is 1. The smallest absolute Gasteiger partial charge is 0.129 e. The Kier molecular flexibility index (Phi) is 7.15. The number of aryl methyl sites for hydroxylation is 1. The summed E-state index contributed by atoms with van der Waals surface area (Å²) in [5.41, 5.74) is 1.73. The number of halogens is 3. The SMILES string of the molecule is Cc1ccc(F)c([C@H](C2CCCCC2)N2CCNCC2)c1Cl.Cl. The molecule has 0 spiro atoms. The minimum absolute atomic E-state index is 0. The molecular weight excluding hydrogens is 334 g/mol. The van der Waals surface area contributed by atoms with Crippen molar-refractivity contribution in [1.82, 2.24) is 10.2 Å². The molecule has 130 valence electrons. The maximum Gasteiger partial charge on any atom is 0.129 e. The van der Waals surface area contributed by atoms with E-state index in [9.17, 15) is 4.39 Å². The lowest BCUT2D eigenvalue weighted by molar-refractivity contribution is 0.101. The molecule has 1 aromatic rings. The summed E-state index contributed by atoms with van der Waals surface area (Å²) in [4.78, 5) is 2.45. The van der Waals surface area contributed by atoms with E-state index in [-0.39, 0.29) is 24.3 Å². The van der Waals surface area contributed by atoms with Gasteiger partial charge in [-0.25, -0.2) is 4.39 Å². The van der Waals surface area contributed by atoms with E-state index in [2.05, 4.69) is 10.2 Å². The molecule has 0 bridgehead atoms. The molecule has 1 atom stereocenters. The molecule has 0 radical (unpaired) electrons. The Morgan fingerprint density at radius 3 is 2.48 bits per heavy atom. The molecule has 1 aromatic carbocycles. The zero-order valence-electron chi connectivity index (χ0n) is 13.8. The normalized spacial score (nSPS) is 21.7. The van der Waals surface area contributed by atoms with Crippen LogP contribution in [0, 0.1) is 18.7 Å². The van der Waals surface area contributed by atoms with E-state index in [1.165, 1.54) is 32.1 Å². The molecule has 1 N–H and O–H groups in total. The molecule has 23 heavy (non-hydrogen) atoms. The Morgan fingerprint density at radius 2 is 1.83 bits per heavy atom. The lowest BCUT2D eigenvalue weighted by Crippen LogP contribution is -2.47. The summed E-state index contributed by atoms with van der Waals surface area (Å²) in [5, 5.41) is 4.03. The molecular formula is C18H27Cl2FN2. The Bertz CT molecular complexity index is 494. The first-order chi connectivity index (χ1) is 10.7. The van der Waals surface area contributed by atoms with E-state index in [1.54, 1.807) is 12.1 Å². The minimum Gasteiger partial charge on any atom is -0.314 e. The summed E-state index contributed by atoms with van der Waals surface area (Å²) < 4.78 is 14.7. The number of hydrogen-bond donors (Lipinski definition) is 1. The van der Waals surface area contributed by atoms with Crippen molar-refractivity contribution in [2.75, 3.05) is 26.2 Å². The zero-order chi connectivity index (χ0) is 15.5. The van der Waals surface area contributed by atoms with E-state index in [0.717, 1.165) is 37.3 Å². The predicted octanol–water partition coefficient (Wildman–Crippen LogP) is 4.74. The standard InChI is InChI=1S/C18H26ClFN2.ClH/c1-13-7-8-15(20)16(17(13)19)18(14-5-3-2-4-6-14)22-11-9-21-10-12-22;/h7-8,14,18,21H,2-6,9-12H2,1H3;1H/t18-;/m0./s1. The van der Waals surface area contributed by atoms with Gasteiger partial charge in [0, 0.05) is 37.8 Å². The minimum atomic E-state index is -0.135. The lowest BCUT2D eigenvalue weighted by atomic mass is 9.79. The summed E-state index contributed by atoms with van der Waals surface area (Å²) in [7, 11) is 0. The average Bonchev–Trinajstić information content (AvgIpc) is 2.57. The van der Waals surface area contributed by atoms with Gasteiger partial charge in [0.1, 0.15) is 5.82 Å². The molecule has 0 aromatic heterocycles. The van der Waals surface area contributed by atoms with Gasteiger partial charge in [0.15, 0.2) is 0 Å². The van der Waals surface area contributed by atoms with E-state index >= 15 is 0 Å². The third kappa shape index (κ3) is 4.19. The van der Waals surface area contributed by atoms with Crippen LogP contribution in [0.5, 0.6) is 0 Å². The maximum absolute atomic E-state index is 14.7. The van der Waals surface area contributed by atoms with Crippen molar-refractivity contribution in [3.8, 4) is 0 Å². The largest absolute Gasteiger partial charge is 0.314 e. The first-order valence-electron chi connectivity index (χ1n) is 8.57. The van der Waals surface area contributed by atoms with Crippen LogP contribution in [-0.4, -0.2) is 31.1 Å². The number of nitrogens with one attached hydrogen (secondary N) is 1. The van der Waals surface area contributed by atoms with Crippen LogP contribution in [0.4, 0.5) is 4.39 Å². The summed E-state index contributed by atoms with van der Waals surface area (Å²) in [6.45, 7) is 5.89. The first-order valence-corrected chi connectivity index (χ1v) is 8.95. The predicted molar refractivity (Wildman–Crippen MR) is 97.2 cm³/mol. The molecule has 2 aliphatic rings. The van der Waals surface area contributed by atoms with E-state index in [4.69, 9.17) is 11.6 Å². The second-order valence-electron chi connectivity index (χ2n) is 6.72. The van der Waals surface area contributed by atoms with Crippen molar-refractivity contribution >= 4 is 24.0 Å². The fraction of sp³-hybridized carbons (Fsp3) is 0.667. The van der Waals surface area contributed by atoms with E-state index in [1.807, 2.05) is 6.92 Å². The third-order valence-corrected chi connectivity index (χ3v) is 5.76. The van der Waals surface area contributed by atoms with Gasteiger partial charge in [0.25, 0.3) is 0 Å². The van der Waals surface area contributed by atoms with E-state index < -0.39 is 0 Å². The van der Waals surface area contributed by atoms with Crippen LogP contribution in [-0.2, 0) is 0 Å². The molecule has 1 aliphatic carbocycles. The Labute approximate surface area is 150 Å². The van der Waals surface area contributed by atoms with Crippen molar-refractivity contribution < 1.29 is 4.39 Å². The number of hydrogen-bond acceptors (Lipinski definition) is 2. The maximum atomic E-state index is 14.7. The van der Waals surface area contributed by atoms with Crippen molar-refractivity contribution in [2.45, 2.75) is 45.1 Å². The Morgan fingerprint density at radius 1 is 1.17 bits per heavy atom. The van der Waals surface area contributed by atoms with Gasteiger partial charge in [-0.2, -0.15) is 0 Å². The molecule has 1 saturated heterocycles. The van der Waals surface area contributed by atoms with Gasteiger partial charge in [-0.15, -0.1) is 12.4 Å². The highest BCUT2D eigenvalue weighted by Crippen LogP contribution is 2.42. The second-order valence-corrected chi connectivity index (χ2v) is 7.10. The van der Waals surface area contributed by atoms with Gasteiger partial charge in [-0.05, 0) is 37.3 Å². The molecule has 1 saturated carbocycles. The average molecular weight is 361 g/mol. The topological polar surface area (TPSA) is 15.3 Å². The fourth-order valence-corrected chi connectivity index (χ4v) is 4.34. The molecule has 3 rings (SSSR count). The van der Waals surface area contributed by atoms with Gasteiger partial charge < -0.3 is 5.32 Å². The summed E-state index contributed by atoms with van der Waals surface area (Å²) in [5.74, 6) is 0.394. The molecule has 2 nitrogen and oxygen atoms in total. The van der Waals surface area contributed by atoms with Crippen molar-refractivity contribution in [3.63, 3.8) is 0 Å². The third-order valence-electron chi connectivity index (χ3n) is 5.26.